The molecule has 158 valence electrons. The highest BCUT2D eigenvalue weighted by atomic mass is 32.1. The number of carbonyl (C=O) groups is 2. The van der Waals surface area contributed by atoms with Crippen molar-refractivity contribution in [3.05, 3.63) is 57.5 Å². The third-order valence-electron chi connectivity index (χ3n) is 4.73. The lowest BCUT2D eigenvalue weighted by atomic mass is 10.2. The standard InChI is InChI=1S/C22H25N3O4S/c1-13(2)10-23-20(26)17-9-19(18-12-30-21(24-18)22(27)28)25(14(17)3)11-15-5-7-16(29-4)8-6-15/h5-9,12-13H,10-11H2,1-4H3,(H,23,26)(H,27,28). The summed E-state index contributed by atoms with van der Waals surface area (Å²) in [6.45, 7) is 7.06. The summed E-state index contributed by atoms with van der Waals surface area (Å²) in [5, 5.41) is 13.9. The maximum Gasteiger partial charge on any atom is 0.365 e. The first-order valence-electron chi connectivity index (χ1n) is 9.60. The number of rotatable bonds is 8. The van der Waals surface area contributed by atoms with Gasteiger partial charge in [-0.15, -0.1) is 11.3 Å². The quantitative estimate of drug-likeness (QED) is 0.565. The summed E-state index contributed by atoms with van der Waals surface area (Å²) in [5.74, 6) is -0.106. The normalized spacial score (nSPS) is 11.0. The highest BCUT2D eigenvalue weighted by Gasteiger charge is 2.21. The van der Waals surface area contributed by atoms with Gasteiger partial charge >= 0.3 is 5.97 Å². The van der Waals surface area contributed by atoms with Gasteiger partial charge in [-0.05, 0) is 36.6 Å². The summed E-state index contributed by atoms with van der Waals surface area (Å²) in [6, 6.07) is 9.48. The predicted octanol–water partition coefficient (Wildman–Crippen LogP) is 4.06. The maximum absolute atomic E-state index is 12.8. The summed E-state index contributed by atoms with van der Waals surface area (Å²) in [7, 11) is 1.62. The molecule has 3 rings (SSSR count). The number of hydrogen-bond donors (Lipinski definition) is 2. The van der Waals surface area contributed by atoms with Gasteiger partial charge in [0.15, 0.2) is 0 Å². The molecule has 8 heteroatoms. The molecule has 0 saturated carbocycles. The first-order valence-corrected chi connectivity index (χ1v) is 10.5. The second-order valence-electron chi connectivity index (χ2n) is 7.41. The third-order valence-corrected chi connectivity index (χ3v) is 5.56. The van der Waals surface area contributed by atoms with E-state index in [9.17, 15) is 14.7 Å². The van der Waals surface area contributed by atoms with E-state index in [1.165, 1.54) is 0 Å². The largest absolute Gasteiger partial charge is 0.497 e. The molecule has 1 amide bonds. The topological polar surface area (TPSA) is 93.4 Å². The van der Waals surface area contributed by atoms with E-state index in [1.807, 2.05) is 49.6 Å². The van der Waals surface area contributed by atoms with E-state index in [-0.39, 0.29) is 10.9 Å². The fourth-order valence-corrected chi connectivity index (χ4v) is 3.73. The van der Waals surface area contributed by atoms with Crippen molar-refractivity contribution >= 4 is 23.2 Å². The van der Waals surface area contributed by atoms with Crippen molar-refractivity contribution in [3.63, 3.8) is 0 Å². The average molecular weight is 428 g/mol. The smallest absolute Gasteiger partial charge is 0.365 e. The number of benzene rings is 1. The Balaban J connectivity index is 2.02. The molecule has 1 aromatic carbocycles. The summed E-state index contributed by atoms with van der Waals surface area (Å²) in [4.78, 5) is 28.3. The summed E-state index contributed by atoms with van der Waals surface area (Å²) in [5.41, 5.74) is 3.63. The second-order valence-corrected chi connectivity index (χ2v) is 8.27. The average Bonchev–Trinajstić information content (AvgIpc) is 3.33. The minimum absolute atomic E-state index is 0.0191. The lowest BCUT2D eigenvalue weighted by Gasteiger charge is -2.12. The molecule has 30 heavy (non-hydrogen) atoms. The number of aromatic nitrogens is 2. The number of thiazole rings is 1. The van der Waals surface area contributed by atoms with Crippen LogP contribution in [0.5, 0.6) is 5.75 Å². The monoisotopic (exact) mass is 427 g/mol. The molecule has 0 aliphatic rings. The van der Waals surface area contributed by atoms with Crippen LogP contribution in [0.1, 0.15) is 45.3 Å². The van der Waals surface area contributed by atoms with Crippen LogP contribution < -0.4 is 10.1 Å². The van der Waals surface area contributed by atoms with Crippen molar-refractivity contribution in [3.8, 4) is 17.1 Å². The maximum atomic E-state index is 12.8. The van der Waals surface area contributed by atoms with E-state index in [0.29, 0.717) is 36.0 Å². The van der Waals surface area contributed by atoms with E-state index in [4.69, 9.17) is 4.74 Å². The molecule has 2 heterocycles. The van der Waals surface area contributed by atoms with Crippen LogP contribution in [-0.2, 0) is 6.54 Å². The number of hydrogen-bond acceptors (Lipinski definition) is 5. The number of amides is 1. The van der Waals surface area contributed by atoms with Gasteiger partial charge in [0.05, 0.1) is 24.1 Å². The Labute approximate surface area is 179 Å². The molecule has 0 fully saturated rings. The zero-order chi connectivity index (χ0) is 21.8. The van der Waals surface area contributed by atoms with Gasteiger partial charge in [-0.1, -0.05) is 26.0 Å². The molecule has 0 bridgehead atoms. The molecule has 0 atom stereocenters. The lowest BCUT2D eigenvalue weighted by Crippen LogP contribution is -2.27. The fourth-order valence-electron chi connectivity index (χ4n) is 3.09. The van der Waals surface area contributed by atoms with Gasteiger partial charge in [0, 0.05) is 24.2 Å². The Kier molecular flexibility index (Phi) is 6.56. The van der Waals surface area contributed by atoms with Crippen LogP contribution in [-0.4, -0.2) is 40.2 Å². The van der Waals surface area contributed by atoms with Crippen LogP contribution in [0, 0.1) is 12.8 Å². The van der Waals surface area contributed by atoms with Crippen molar-refractivity contribution < 1.29 is 19.4 Å². The highest BCUT2D eigenvalue weighted by Crippen LogP contribution is 2.29. The van der Waals surface area contributed by atoms with Crippen LogP contribution in [0.25, 0.3) is 11.4 Å². The number of carboxylic acid groups (broad SMARTS) is 1. The van der Waals surface area contributed by atoms with E-state index in [2.05, 4.69) is 10.3 Å². The van der Waals surface area contributed by atoms with Gasteiger partial charge < -0.3 is 19.7 Å². The summed E-state index contributed by atoms with van der Waals surface area (Å²) in [6.07, 6.45) is 0. The molecule has 2 aromatic heterocycles. The van der Waals surface area contributed by atoms with Crippen molar-refractivity contribution in [2.24, 2.45) is 5.92 Å². The van der Waals surface area contributed by atoms with Gasteiger partial charge in [-0.3, -0.25) is 4.79 Å². The van der Waals surface area contributed by atoms with Gasteiger partial charge in [0.25, 0.3) is 5.91 Å². The van der Waals surface area contributed by atoms with Gasteiger partial charge in [0.1, 0.15) is 5.75 Å². The van der Waals surface area contributed by atoms with Gasteiger partial charge in [0.2, 0.25) is 5.01 Å². The van der Waals surface area contributed by atoms with E-state index >= 15 is 0 Å². The van der Waals surface area contributed by atoms with Crippen LogP contribution in [0.15, 0.2) is 35.7 Å². The number of carboxylic acids is 1. The molecule has 3 aromatic rings. The SMILES string of the molecule is COc1ccc(Cn2c(-c3csc(C(=O)O)n3)cc(C(=O)NCC(C)C)c2C)cc1. The molecular weight excluding hydrogens is 402 g/mol. The molecule has 0 unspecified atom stereocenters. The lowest BCUT2D eigenvalue weighted by molar-refractivity contribution is 0.0696. The fraction of sp³-hybridized carbons (Fsp3) is 0.318. The first-order chi connectivity index (χ1) is 14.3. The minimum Gasteiger partial charge on any atom is -0.497 e. The van der Waals surface area contributed by atoms with Crippen molar-refractivity contribution in [1.82, 2.24) is 14.9 Å². The van der Waals surface area contributed by atoms with Crippen LogP contribution >= 0.6 is 11.3 Å². The number of methoxy groups -OCH3 is 1. The minimum atomic E-state index is -1.06. The summed E-state index contributed by atoms with van der Waals surface area (Å²) >= 11 is 1.07. The molecule has 0 aliphatic carbocycles. The molecule has 0 radical (unpaired) electrons. The number of nitrogens with one attached hydrogen (secondary N) is 1. The van der Waals surface area contributed by atoms with E-state index in [1.54, 1.807) is 18.6 Å². The molecule has 7 nitrogen and oxygen atoms in total. The number of aromatic carboxylic acids is 1. The van der Waals surface area contributed by atoms with E-state index in [0.717, 1.165) is 28.3 Å². The Hall–Kier alpha value is -3.13. The Morgan fingerprint density at radius 1 is 1.27 bits per heavy atom. The number of ether oxygens (including phenoxy) is 1. The highest BCUT2D eigenvalue weighted by molar-refractivity contribution is 7.11. The Morgan fingerprint density at radius 3 is 2.53 bits per heavy atom. The molecular formula is C22H25N3O4S. The third kappa shape index (κ3) is 4.71. The van der Waals surface area contributed by atoms with Crippen LogP contribution in [0.3, 0.4) is 0 Å². The molecule has 0 aliphatic heterocycles. The van der Waals surface area contributed by atoms with Crippen molar-refractivity contribution in [2.75, 3.05) is 13.7 Å². The molecule has 0 spiro atoms. The second kappa shape index (κ2) is 9.13. The van der Waals surface area contributed by atoms with Gasteiger partial charge in [-0.2, -0.15) is 0 Å². The van der Waals surface area contributed by atoms with E-state index < -0.39 is 5.97 Å². The van der Waals surface area contributed by atoms with Gasteiger partial charge in [-0.25, -0.2) is 9.78 Å². The first kappa shape index (κ1) is 21.6. The zero-order valence-electron chi connectivity index (χ0n) is 17.4. The predicted molar refractivity (Wildman–Crippen MR) is 117 cm³/mol. The van der Waals surface area contributed by atoms with Crippen LogP contribution in [0.4, 0.5) is 0 Å². The number of nitrogens with zero attached hydrogens (tertiary/aromatic N) is 2. The molecule has 2 N–H and O–H groups in total. The zero-order valence-corrected chi connectivity index (χ0v) is 18.2. The number of carbonyl (C=O) groups excluding carboxylic acids is 1. The Bertz CT molecular complexity index is 1050. The van der Waals surface area contributed by atoms with Crippen molar-refractivity contribution in [1.29, 1.82) is 0 Å². The summed E-state index contributed by atoms with van der Waals surface area (Å²) < 4.78 is 7.21. The van der Waals surface area contributed by atoms with Crippen molar-refractivity contribution in [2.45, 2.75) is 27.3 Å². The van der Waals surface area contributed by atoms with Crippen LogP contribution in [0.2, 0.25) is 0 Å². The molecule has 0 saturated heterocycles. The Morgan fingerprint density at radius 2 is 1.97 bits per heavy atom.